The Kier molecular flexibility index (Phi) is 6.24. The molecule has 1 unspecified atom stereocenters. The predicted octanol–water partition coefficient (Wildman–Crippen LogP) is 2.26. The van der Waals surface area contributed by atoms with E-state index in [0.717, 1.165) is 26.5 Å². The van der Waals surface area contributed by atoms with Gasteiger partial charge in [0.05, 0.1) is 15.2 Å². The van der Waals surface area contributed by atoms with E-state index < -0.39 is 22.2 Å². The molecule has 164 valence electrons. The second-order valence-corrected chi connectivity index (χ2v) is 10.4. The first-order chi connectivity index (χ1) is 14.8. The van der Waals surface area contributed by atoms with Crippen LogP contribution in [0.4, 0.5) is 5.69 Å². The number of thiazole rings is 1. The minimum absolute atomic E-state index is 0.0858. The zero-order valence-electron chi connectivity index (χ0n) is 17.1. The summed E-state index contributed by atoms with van der Waals surface area (Å²) in [5.74, 6) is -1.20. The second kappa shape index (κ2) is 8.91. The van der Waals surface area contributed by atoms with E-state index in [2.05, 4.69) is 14.6 Å². The van der Waals surface area contributed by atoms with Crippen molar-refractivity contribution in [3.05, 3.63) is 59.1 Å². The van der Waals surface area contributed by atoms with Gasteiger partial charge in [0, 0.05) is 31.9 Å². The topological polar surface area (TPSA) is 103 Å². The monoisotopic (exact) mass is 460 g/mol. The molecule has 3 aromatic rings. The van der Waals surface area contributed by atoms with Gasteiger partial charge in [-0.15, -0.1) is 11.3 Å². The zero-order chi connectivity index (χ0) is 22.0. The van der Waals surface area contributed by atoms with Gasteiger partial charge >= 0.3 is 5.97 Å². The molecule has 1 aromatic heterocycles. The molecule has 0 spiro atoms. The Bertz CT molecular complexity index is 1170. The molecular weight excluding hydrogens is 436 g/mol. The molecular formula is C21H24N4O4S2. The molecule has 1 aliphatic rings. The van der Waals surface area contributed by atoms with Crippen LogP contribution >= 0.6 is 11.3 Å². The first-order valence-electron chi connectivity index (χ1n) is 9.98. The molecule has 31 heavy (non-hydrogen) atoms. The molecule has 1 fully saturated rings. The first-order valence-corrected chi connectivity index (χ1v) is 12.2. The number of nitrogens with zero attached hydrogens (tertiary/aromatic N) is 3. The highest BCUT2D eigenvalue weighted by Gasteiger charge is 2.31. The van der Waals surface area contributed by atoms with Crippen LogP contribution in [0.25, 0.3) is 10.2 Å². The predicted molar refractivity (Wildman–Crippen MR) is 122 cm³/mol. The minimum Gasteiger partial charge on any atom is -0.480 e. The number of hydrogen-bond acceptors (Lipinski definition) is 6. The smallest absolute Gasteiger partial charge is 0.322 e. The number of aliphatic carboxylic acids is 1. The summed E-state index contributed by atoms with van der Waals surface area (Å²) in [6.07, 6.45) is 0.0858. The molecule has 4 rings (SSSR count). The van der Waals surface area contributed by atoms with E-state index in [-0.39, 0.29) is 19.5 Å². The Balaban J connectivity index is 1.40. The van der Waals surface area contributed by atoms with Crippen LogP contribution < -0.4 is 9.62 Å². The van der Waals surface area contributed by atoms with Crippen LogP contribution in [0.2, 0.25) is 0 Å². The number of nitrogens with one attached hydrogen (secondary N) is 1. The van der Waals surface area contributed by atoms with Crippen molar-refractivity contribution >= 4 is 43.4 Å². The molecule has 1 saturated heterocycles. The average Bonchev–Trinajstić information content (AvgIpc) is 3.13. The van der Waals surface area contributed by atoms with Crippen LogP contribution in [0.1, 0.15) is 10.6 Å². The summed E-state index contributed by atoms with van der Waals surface area (Å²) in [6.45, 7) is 3.57. The molecule has 0 radical (unpaired) electrons. The normalized spacial score (nSPS) is 16.5. The lowest BCUT2D eigenvalue weighted by molar-refractivity contribution is -0.138. The highest BCUT2D eigenvalue weighted by molar-refractivity contribution is 7.87. The van der Waals surface area contributed by atoms with E-state index >= 15 is 0 Å². The van der Waals surface area contributed by atoms with Crippen LogP contribution in [-0.4, -0.2) is 61.0 Å². The first kappa shape index (κ1) is 21.7. The third-order valence-corrected chi connectivity index (χ3v) is 7.87. The average molecular weight is 461 g/mol. The lowest BCUT2D eigenvalue weighted by atomic mass is 10.1. The Labute approximate surface area is 185 Å². The SMILES string of the molecule is Cc1nc2cc(N3CCN(S(=O)(=O)NC(Cc4ccccc4)C(=O)O)CC3)ccc2s1. The molecule has 0 aliphatic carbocycles. The number of anilines is 1. The van der Waals surface area contributed by atoms with Crippen molar-refractivity contribution in [1.29, 1.82) is 0 Å². The minimum atomic E-state index is -3.92. The number of hydrogen-bond donors (Lipinski definition) is 2. The van der Waals surface area contributed by atoms with Gasteiger partial charge in [0.25, 0.3) is 10.2 Å². The number of aryl methyl sites for hydroxylation is 1. The highest BCUT2D eigenvalue weighted by atomic mass is 32.2. The fraction of sp³-hybridized carbons (Fsp3) is 0.333. The number of carbonyl (C=O) groups is 1. The van der Waals surface area contributed by atoms with E-state index in [1.165, 1.54) is 4.31 Å². The molecule has 1 atom stereocenters. The molecule has 2 aromatic carbocycles. The maximum Gasteiger partial charge on any atom is 0.322 e. The highest BCUT2D eigenvalue weighted by Crippen LogP contribution is 2.27. The van der Waals surface area contributed by atoms with Crippen molar-refractivity contribution in [2.45, 2.75) is 19.4 Å². The lowest BCUT2D eigenvalue weighted by Gasteiger charge is -2.35. The van der Waals surface area contributed by atoms with Gasteiger partial charge in [0.2, 0.25) is 0 Å². The van der Waals surface area contributed by atoms with Crippen LogP contribution in [0.3, 0.4) is 0 Å². The van der Waals surface area contributed by atoms with Gasteiger partial charge in [0.1, 0.15) is 6.04 Å². The van der Waals surface area contributed by atoms with Crippen molar-refractivity contribution in [2.75, 3.05) is 31.1 Å². The molecule has 0 amide bonds. The van der Waals surface area contributed by atoms with E-state index in [4.69, 9.17) is 0 Å². The number of benzene rings is 2. The molecule has 10 heteroatoms. The Morgan fingerprint density at radius 1 is 1.16 bits per heavy atom. The van der Waals surface area contributed by atoms with Crippen LogP contribution in [0.15, 0.2) is 48.5 Å². The maximum atomic E-state index is 12.8. The van der Waals surface area contributed by atoms with Crippen molar-refractivity contribution in [1.82, 2.24) is 14.0 Å². The standard InChI is InChI=1S/C21H24N4O4S2/c1-15-22-18-14-17(7-8-20(18)30-15)24-9-11-25(12-10-24)31(28,29)23-19(21(26)27)13-16-5-3-2-4-6-16/h2-8,14,19,23H,9-13H2,1H3,(H,26,27). The number of piperazine rings is 1. The number of carboxylic acids is 1. The third kappa shape index (κ3) is 5.04. The molecule has 2 N–H and O–H groups in total. The number of carboxylic acid groups (broad SMARTS) is 1. The van der Waals surface area contributed by atoms with E-state index in [1.807, 2.05) is 31.2 Å². The quantitative estimate of drug-likeness (QED) is 0.561. The summed E-state index contributed by atoms with van der Waals surface area (Å²) in [6, 6.07) is 13.9. The van der Waals surface area contributed by atoms with Gasteiger partial charge in [0.15, 0.2) is 0 Å². The van der Waals surface area contributed by atoms with Gasteiger partial charge in [-0.3, -0.25) is 4.79 Å². The summed E-state index contributed by atoms with van der Waals surface area (Å²) >= 11 is 1.65. The van der Waals surface area contributed by atoms with Crippen molar-refractivity contribution in [3.8, 4) is 0 Å². The second-order valence-electron chi connectivity index (χ2n) is 7.47. The summed E-state index contributed by atoms with van der Waals surface area (Å²) in [7, 11) is -3.92. The maximum absolute atomic E-state index is 12.8. The fourth-order valence-corrected chi connectivity index (χ4v) is 5.84. The summed E-state index contributed by atoms with van der Waals surface area (Å²) in [5, 5.41) is 10.5. The van der Waals surface area contributed by atoms with Gasteiger partial charge in [-0.1, -0.05) is 30.3 Å². The number of fused-ring (bicyclic) bond motifs is 1. The largest absolute Gasteiger partial charge is 0.480 e. The lowest BCUT2D eigenvalue weighted by Crippen LogP contribution is -2.55. The molecule has 8 nitrogen and oxygen atoms in total. The summed E-state index contributed by atoms with van der Waals surface area (Å²) in [5.41, 5.74) is 2.72. The van der Waals surface area contributed by atoms with Crippen molar-refractivity contribution in [3.63, 3.8) is 0 Å². The van der Waals surface area contributed by atoms with Gasteiger partial charge in [-0.25, -0.2) is 4.98 Å². The molecule has 1 aliphatic heterocycles. The van der Waals surface area contributed by atoms with Crippen LogP contribution in [0, 0.1) is 6.92 Å². The van der Waals surface area contributed by atoms with E-state index in [0.29, 0.717) is 13.1 Å². The van der Waals surface area contributed by atoms with Gasteiger partial charge < -0.3 is 10.0 Å². The third-order valence-electron chi connectivity index (χ3n) is 5.29. The van der Waals surface area contributed by atoms with Crippen molar-refractivity contribution < 1.29 is 18.3 Å². The Morgan fingerprint density at radius 2 is 1.87 bits per heavy atom. The number of rotatable bonds is 7. The Morgan fingerprint density at radius 3 is 2.55 bits per heavy atom. The summed E-state index contributed by atoms with van der Waals surface area (Å²) in [4.78, 5) is 18.3. The number of aromatic nitrogens is 1. The van der Waals surface area contributed by atoms with Crippen LogP contribution in [0.5, 0.6) is 0 Å². The Hall–Kier alpha value is -2.53. The summed E-state index contributed by atoms with van der Waals surface area (Å²) < 4.78 is 30.5. The zero-order valence-corrected chi connectivity index (χ0v) is 18.7. The molecule has 0 bridgehead atoms. The van der Waals surface area contributed by atoms with Crippen LogP contribution in [-0.2, 0) is 21.4 Å². The molecule has 0 saturated carbocycles. The van der Waals surface area contributed by atoms with E-state index in [1.54, 1.807) is 35.6 Å². The fourth-order valence-electron chi connectivity index (χ4n) is 3.70. The van der Waals surface area contributed by atoms with E-state index in [9.17, 15) is 18.3 Å². The van der Waals surface area contributed by atoms with Gasteiger partial charge in [-0.2, -0.15) is 17.4 Å². The van der Waals surface area contributed by atoms with Crippen molar-refractivity contribution in [2.24, 2.45) is 0 Å². The molecule has 2 heterocycles. The van der Waals surface area contributed by atoms with Gasteiger partial charge in [-0.05, 0) is 37.1 Å².